The molecular formula is C16H13N5O2S. The van der Waals surface area contributed by atoms with Gasteiger partial charge in [0, 0.05) is 28.3 Å². The number of hydrogen-bond donors (Lipinski definition) is 3. The van der Waals surface area contributed by atoms with E-state index in [2.05, 4.69) is 20.5 Å². The van der Waals surface area contributed by atoms with Gasteiger partial charge in [-0.05, 0) is 30.3 Å². The minimum atomic E-state index is -3.84. The van der Waals surface area contributed by atoms with Gasteiger partial charge in [0.05, 0.1) is 17.2 Å². The van der Waals surface area contributed by atoms with Gasteiger partial charge in [0.25, 0.3) is 0 Å². The van der Waals surface area contributed by atoms with E-state index in [9.17, 15) is 8.42 Å². The Labute approximate surface area is 137 Å². The number of hydrogen-bond acceptors (Lipinski definition) is 5. The van der Waals surface area contributed by atoms with Crippen LogP contribution in [-0.2, 0) is 10.0 Å². The fraction of sp³-hybridized carbons (Fsp3) is 0. The topological polar surface area (TPSA) is 114 Å². The van der Waals surface area contributed by atoms with Gasteiger partial charge >= 0.3 is 0 Å². The molecule has 0 amide bonds. The van der Waals surface area contributed by atoms with Crippen molar-refractivity contribution in [1.82, 2.24) is 15.2 Å². The lowest BCUT2D eigenvalue weighted by Gasteiger charge is -2.11. The molecule has 4 N–H and O–H groups in total. The third-order valence-corrected chi connectivity index (χ3v) is 4.70. The number of aromatic amines is 1. The summed E-state index contributed by atoms with van der Waals surface area (Å²) in [5.74, 6) is 0. The summed E-state index contributed by atoms with van der Waals surface area (Å²) in [4.78, 5) is 4.18. The highest BCUT2D eigenvalue weighted by molar-refractivity contribution is 7.89. The molecule has 2 aromatic carbocycles. The normalized spacial score (nSPS) is 11.9. The van der Waals surface area contributed by atoms with Crippen molar-refractivity contribution in [2.45, 2.75) is 4.90 Å². The van der Waals surface area contributed by atoms with Crippen LogP contribution in [-0.4, -0.2) is 23.6 Å². The number of H-pyrrole nitrogens is 1. The van der Waals surface area contributed by atoms with Crippen molar-refractivity contribution >= 4 is 43.2 Å². The Balaban J connectivity index is 1.85. The summed E-state index contributed by atoms with van der Waals surface area (Å²) < 4.78 is 23.5. The number of benzene rings is 2. The van der Waals surface area contributed by atoms with Crippen LogP contribution in [0, 0.1) is 0 Å². The van der Waals surface area contributed by atoms with Crippen LogP contribution < -0.4 is 10.5 Å². The van der Waals surface area contributed by atoms with Crippen molar-refractivity contribution in [1.29, 1.82) is 0 Å². The van der Waals surface area contributed by atoms with Crippen LogP contribution in [0.1, 0.15) is 0 Å². The highest BCUT2D eigenvalue weighted by Gasteiger charge is 2.15. The van der Waals surface area contributed by atoms with Gasteiger partial charge < -0.3 is 5.32 Å². The molecule has 0 saturated carbocycles. The summed E-state index contributed by atoms with van der Waals surface area (Å²) in [6.45, 7) is 0. The Bertz CT molecular complexity index is 1170. The van der Waals surface area contributed by atoms with E-state index in [0.29, 0.717) is 10.9 Å². The maximum atomic E-state index is 11.7. The summed E-state index contributed by atoms with van der Waals surface area (Å²) in [6, 6.07) is 12.5. The van der Waals surface area contributed by atoms with Gasteiger partial charge in [0.15, 0.2) is 0 Å². The molecule has 0 fully saturated rings. The Morgan fingerprint density at radius 3 is 2.83 bits per heavy atom. The van der Waals surface area contributed by atoms with Crippen molar-refractivity contribution in [3.63, 3.8) is 0 Å². The molecule has 2 aromatic heterocycles. The van der Waals surface area contributed by atoms with Crippen molar-refractivity contribution in [3.8, 4) is 0 Å². The predicted octanol–water partition coefficient (Wildman–Crippen LogP) is 2.50. The van der Waals surface area contributed by atoms with Crippen molar-refractivity contribution < 1.29 is 8.42 Å². The quantitative estimate of drug-likeness (QED) is 0.530. The van der Waals surface area contributed by atoms with Gasteiger partial charge in [-0.15, -0.1) is 0 Å². The number of aromatic nitrogens is 3. The number of anilines is 2. The lowest BCUT2D eigenvalue weighted by atomic mass is 10.1. The maximum absolute atomic E-state index is 11.7. The highest BCUT2D eigenvalue weighted by Crippen LogP contribution is 2.29. The van der Waals surface area contributed by atoms with Crippen molar-refractivity contribution in [3.05, 3.63) is 54.9 Å². The summed E-state index contributed by atoms with van der Waals surface area (Å²) in [5, 5.41) is 17.2. The lowest BCUT2D eigenvalue weighted by molar-refractivity contribution is 0.598. The first-order valence-electron chi connectivity index (χ1n) is 7.13. The first-order valence-corrected chi connectivity index (χ1v) is 8.68. The van der Waals surface area contributed by atoms with E-state index in [1.54, 1.807) is 30.6 Å². The third-order valence-electron chi connectivity index (χ3n) is 3.76. The molecule has 0 spiro atoms. The van der Waals surface area contributed by atoms with E-state index in [-0.39, 0.29) is 4.90 Å². The van der Waals surface area contributed by atoms with Gasteiger partial charge in [-0.3, -0.25) is 10.1 Å². The van der Waals surface area contributed by atoms with Crippen LogP contribution in [0.2, 0.25) is 0 Å². The van der Waals surface area contributed by atoms with Crippen LogP contribution in [0.15, 0.2) is 59.8 Å². The van der Waals surface area contributed by atoms with E-state index < -0.39 is 10.0 Å². The Kier molecular flexibility index (Phi) is 3.22. The van der Waals surface area contributed by atoms with Gasteiger partial charge in [-0.1, -0.05) is 12.1 Å². The number of nitrogens with two attached hydrogens (primary N) is 1. The molecule has 4 rings (SSSR count). The van der Waals surface area contributed by atoms with Crippen molar-refractivity contribution in [2.24, 2.45) is 5.14 Å². The van der Waals surface area contributed by atoms with Crippen LogP contribution >= 0.6 is 0 Å². The maximum Gasteiger partial charge on any atom is 0.240 e. The Hall–Kier alpha value is -2.97. The number of fused-ring (bicyclic) bond motifs is 2. The van der Waals surface area contributed by atoms with Gasteiger partial charge in [-0.25, -0.2) is 13.6 Å². The molecule has 2 heterocycles. The zero-order valence-corrected chi connectivity index (χ0v) is 13.2. The monoisotopic (exact) mass is 339 g/mol. The molecule has 7 nitrogen and oxygen atoms in total. The van der Waals surface area contributed by atoms with Crippen LogP contribution in [0.4, 0.5) is 11.4 Å². The number of rotatable bonds is 3. The summed E-state index contributed by atoms with van der Waals surface area (Å²) in [6.07, 6.45) is 3.30. The number of para-hydroxylation sites is 1. The lowest BCUT2D eigenvalue weighted by Crippen LogP contribution is -2.13. The fourth-order valence-corrected chi connectivity index (χ4v) is 3.36. The first-order chi connectivity index (χ1) is 11.5. The molecular weight excluding hydrogens is 326 g/mol. The van der Waals surface area contributed by atoms with Crippen LogP contribution in [0.3, 0.4) is 0 Å². The number of nitrogens with one attached hydrogen (secondary N) is 2. The zero-order valence-electron chi connectivity index (χ0n) is 12.4. The number of pyridine rings is 1. The molecule has 24 heavy (non-hydrogen) atoms. The van der Waals surface area contributed by atoms with E-state index in [0.717, 1.165) is 22.3 Å². The standard InChI is InChI=1S/C16H13N5O2S/c17-24(22,23)15-3-1-2-12-13(6-7-18-16(12)15)20-11-5-4-10-9-19-21-14(10)8-11/h1-9H,(H,18,20)(H,19,21)(H2,17,22,23). The highest BCUT2D eigenvalue weighted by atomic mass is 32.2. The third kappa shape index (κ3) is 2.47. The van der Waals surface area contributed by atoms with E-state index in [1.165, 1.54) is 6.07 Å². The molecule has 0 saturated heterocycles. The molecule has 0 radical (unpaired) electrons. The second-order valence-electron chi connectivity index (χ2n) is 5.35. The summed E-state index contributed by atoms with van der Waals surface area (Å²) >= 11 is 0. The second-order valence-corrected chi connectivity index (χ2v) is 6.88. The van der Waals surface area contributed by atoms with Gasteiger partial charge in [-0.2, -0.15) is 5.10 Å². The smallest absolute Gasteiger partial charge is 0.240 e. The zero-order chi connectivity index (χ0) is 16.7. The average Bonchev–Trinajstić information content (AvgIpc) is 3.01. The van der Waals surface area contributed by atoms with Gasteiger partial charge in [0.2, 0.25) is 10.0 Å². The van der Waals surface area contributed by atoms with Crippen LogP contribution in [0.25, 0.3) is 21.8 Å². The summed E-state index contributed by atoms with van der Waals surface area (Å²) in [7, 11) is -3.84. The van der Waals surface area contributed by atoms with Crippen LogP contribution in [0.5, 0.6) is 0 Å². The van der Waals surface area contributed by atoms with E-state index in [1.807, 2.05) is 18.2 Å². The Morgan fingerprint density at radius 1 is 1.12 bits per heavy atom. The predicted molar refractivity (Wildman–Crippen MR) is 92.5 cm³/mol. The number of sulfonamides is 1. The molecule has 0 aliphatic rings. The van der Waals surface area contributed by atoms with E-state index in [4.69, 9.17) is 5.14 Å². The number of nitrogens with zero attached hydrogens (tertiary/aromatic N) is 2. The molecule has 0 unspecified atom stereocenters. The molecule has 0 bridgehead atoms. The molecule has 0 atom stereocenters. The molecule has 8 heteroatoms. The largest absolute Gasteiger partial charge is 0.355 e. The molecule has 4 aromatic rings. The van der Waals surface area contributed by atoms with Gasteiger partial charge in [0.1, 0.15) is 4.90 Å². The molecule has 0 aliphatic heterocycles. The first kappa shape index (κ1) is 14.6. The summed E-state index contributed by atoms with van der Waals surface area (Å²) in [5.41, 5.74) is 2.83. The minimum absolute atomic E-state index is 0.00710. The second kappa shape index (κ2) is 5.29. The average molecular weight is 339 g/mol. The minimum Gasteiger partial charge on any atom is -0.355 e. The fourth-order valence-electron chi connectivity index (χ4n) is 2.66. The molecule has 120 valence electrons. The SMILES string of the molecule is NS(=O)(=O)c1cccc2c(Nc3ccc4cn[nH]c4c3)ccnc12. The van der Waals surface area contributed by atoms with E-state index >= 15 is 0 Å². The van der Waals surface area contributed by atoms with Crippen molar-refractivity contribution in [2.75, 3.05) is 5.32 Å². The Morgan fingerprint density at radius 2 is 2.00 bits per heavy atom. The number of primary sulfonamides is 1. The molecule has 0 aliphatic carbocycles.